The van der Waals surface area contributed by atoms with Gasteiger partial charge in [-0.15, -0.1) is 0 Å². The molecule has 0 atom stereocenters. The average Bonchev–Trinajstić information content (AvgIpc) is 2.57. The largest absolute Gasteiger partial charge is 0.493 e. The minimum atomic E-state index is -0.443. The molecule has 0 aliphatic rings. The van der Waals surface area contributed by atoms with Crippen LogP contribution in [0.25, 0.3) is 0 Å². The SMILES string of the molecule is CCOc1ccc(Br)cc1C(=O)Nc1cccc(C(=O)OC)c1C. The summed E-state index contributed by atoms with van der Waals surface area (Å²) in [6, 6.07) is 10.3. The molecule has 1 amide bonds. The van der Waals surface area contributed by atoms with Gasteiger partial charge in [0.2, 0.25) is 0 Å². The van der Waals surface area contributed by atoms with Gasteiger partial charge in [-0.2, -0.15) is 0 Å². The minimum Gasteiger partial charge on any atom is -0.493 e. The van der Waals surface area contributed by atoms with E-state index in [1.807, 2.05) is 13.0 Å². The summed E-state index contributed by atoms with van der Waals surface area (Å²) in [5, 5.41) is 2.82. The fraction of sp³-hybridized carbons (Fsp3) is 0.222. The fourth-order valence-electron chi connectivity index (χ4n) is 2.25. The number of rotatable bonds is 5. The van der Waals surface area contributed by atoms with E-state index in [1.165, 1.54) is 7.11 Å². The first kappa shape index (κ1) is 18.0. The Morgan fingerprint density at radius 2 is 1.92 bits per heavy atom. The molecular formula is C18H18BrNO4. The number of methoxy groups -OCH3 is 1. The van der Waals surface area contributed by atoms with Gasteiger partial charge in [-0.3, -0.25) is 4.79 Å². The predicted octanol–water partition coefficient (Wildman–Crippen LogP) is 4.20. The lowest BCUT2D eigenvalue weighted by Gasteiger charge is -2.14. The van der Waals surface area contributed by atoms with Crippen LogP contribution in [0.4, 0.5) is 5.69 Å². The molecule has 2 aromatic carbocycles. The first-order valence-corrected chi connectivity index (χ1v) is 8.18. The van der Waals surface area contributed by atoms with Gasteiger partial charge >= 0.3 is 5.97 Å². The first-order valence-electron chi connectivity index (χ1n) is 7.39. The third-order valence-corrected chi connectivity index (χ3v) is 3.97. The van der Waals surface area contributed by atoms with E-state index in [9.17, 15) is 9.59 Å². The highest BCUT2D eigenvalue weighted by Crippen LogP contribution is 2.26. The van der Waals surface area contributed by atoms with E-state index < -0.39 is 5.97 Å². The Balaban J connectivity index is 2.34. The molecule has 2 rings (SSSR count). The monoisotopic (exact) mass is 391 g/mol. The average molecular weight is 392 g/mol. The van der Waals surface area contributed by atoms with Crippen molar-refractivity contribution < 1.29 is 19.1 Å². The first-order chi connectivity index (χ1) is 11.5. The number of ether oxygens (including phenoxy) is 2. The molecule has 0 saturated heterocycles. The van der Waals surface area contributed by atoms with Crippen molar-refractivity contribution in [1.82, 2.24) is 0 Å². The van der Waals surface area contributed by atoms with Gasteiger partial charge in [-0.05, 0) is 49.7 Å². The van der Waals surface area contributed by atoms with Crippen molar-refractivity contribution in [3.63, 3.8) is 0 Å². The minimum absolute atomic E-state index is 0.315. The maximum Gasteiger partial charge on any atom is 0.338 e. The fourth-order valence-corrected chi connectivity index (χ4v) is 2.61. The molecule has 0 aliphatic heterocycles. The van der Waals surface area contributed by atoms with Crippen molar-refractivity contribution in [1.29, 1.82) is 0 Å². The molecule has 0 saturated carbocycles. The molecule has 0 spiro atoms. The van der Waals surface area contributed by atoms with Crippen LogP contribution in [0.1, 0.15) is 33.2 Å². The number of hydrogen-bond donors (Lipinski definition) is 1. The number of amides is 1. The molecule has 0 unspecified atom stereocenters. The van der Waals surface area contributed by atoms with Crippen molar-refractivity contribution in [3.05, 3.63) is 57.6 Å². The molecule has 2 aromatic rings. The van der Waals surface area contributed by atoms with E-state index in [0.29, 0.717) is 34.7 Å². The molecule has 6 heteroatoms. The van der Waals surface area contributed by atoms with E-state index in [2.05, 4.69) is 21.2 Å². The van der Waals surface area contributed by atoms with E-state index in [4.69, 9.17) is 9.47 Å². The second-order valence-corrected chi connectivity index (χ2v) is 5.91. The van der Waals surface area contributed by atoms with Crippen LogP contribution in [0.3, 0.4) is 0 Å². The standard InChI is InChI=1S/C18H18BrNO4/c1-4-24-16-9-8-12(19)10-14(16)17(21)20-15-7-5-6-13(11(15)2)18(22)23-3/h5-10H,4H2,1-3H3,(H,20,21). The molecule has 24 heavy (non-hydrogen) atoms. The molecule has 0 aliphatic carbocycles. The number of nitrogens with one attached hydrogen (secondary N) is 1. The summed E-state index contributed by atoms with van der Waals surface area (Å²) in [5.41, 5.74) is 2.01. The number of hydrogen-bond acceptors (Lipinski definition) is 4. The molecule has 5 nitrogen and oxygen atoms in total. The van der Waals surface area contributed by atoms with E-state index >= 15 is 0 Å². The lowest BCUT2D eigenvalue weighted by molar-refractivity contribution is 0.0599. The zero-order valence-electron chi connectivity index (χ0n) is 13.7. The maximum atomic E-state index is 12.6. The number of benzene rings is 2. The Labute approximate surface area is 149 Å². The van der Waals surface area contributed by atoms with Crippen molar-refractivity contribution in [2.45, 2.75) is 13.8 Å². The Morgan fingerprint density at radius 1 is 1.17 bits per heavy atom. The second kappa shape index (κ2) is 7.97. The van der Waals surface area contributed by atoms with Crippen molar-refractivity contribution in [3.8, 4) is 5.75 Å². The van der Waals surface area contributed by atoms with Gasteiger partial charge in [0, 0.05) is 10.2 Å². The van der Waals surface area contributed by atoms with Crippen LogP contribution >= 0.6 is 15.9 Å². The number of carbonyl (C=O) groups is 2. The zero-order chi connectivity index (χ0) is 17.7. The lowest BCUT2D eigenvalue weighted by atomic mass is 10.1. The summed E-state index contributed by atoms with van der Waals surface area (Å²) >= 11 is 3.36. The Morgan fingerprint density at radius 3 is 2.58 bits per heavy atom. The van der Waals surface area contributed by atoms with E-state index in [0.717, 1.165) is 4.47 Å². The van der Waals surface area contributed by atoms with Crippen LogP contribution in [-0.4, -0.2) is 25.6 Å². The molecular weight excluding hydrogens is 374 g/mol. The summed E-state index contributed by atoms with van der Waals surface area (Å²) in [7, 11) is 1.32. The summed E-state index contributed by atoms with van der Waals surface area (Å²) in [5.74, 6) is -0.258. The van der Waals surface area contributed by atoms with E-state index in [1.54, 1.807) is 37.3 Å². The van der Waals surface area contributed by atoms with Crippen LogP contribution in [0.2, 0.25) is 0 Å². The van der Waals surface area contributed by atoms with Crippen LogP contribution in [0, 0.1) is 6.92 Å². The van der Waals surface area contributed by atoms with Gasteiger partial charge in [0.1, 0.15) is 5.75 Å². The third kappa shape index (κ3) is 3.94. The van der Waals surface area contributed by atoms with Gasteiger partial charge in [-0.1, -0.05) is 22.0 Å². The lowest BCUT2D eigenvalue weighted by Crippen LogP contribution is -2.16. The molecule has 0 heterocycles. The van der Waals surface area contributed by atoms with Crippen LogP contribution < -0.4 is 10.1 Å². The van der Waals surface area contributed by atoms with Crippen molar-refractivity contribution >= 4 is 33.5 Å². The Hall–Kier alpha value is -2.34. The number of esters is 1. The molecule has 0 fully saturated rings. The predicted molar refractivity (Wildman–Crippen MR) is 95.8 cm³/mol. The summed E-state index contributed by atoms with van der Waals surface area (Å²) in [6.45, 7) is 4.07. The zero-order valence-corrected chi connectivity index (χ0v) is 15.3. The van der Waals surface area contributed by atoms with Crippen LogP contribution in [0.15, 0.2) is 40.9 Å². The smallest absolute Gasteiger partial charge is 0.338 e. The van der Waals surface area contributed by atoms with Crippen LogP contribution in [0.5, 0.6) is 5.75 Å². The van der Waals surface area contributed by atoms with Gasteiger partial charge in [0.05, 0.1) is 24.8 Å². The topological polar surface area (TPSA) is 64.6 Å². The summed E-state index contributed by atoms with van der Waals surface area (Å²) < 4.78 is 11.0. The summed E-state index contributed by atoms with van der Waals surface area (Å²) in [4.78, 5) is 24.4. The quantitative estimate of drug-likeness (QED) is 0.775. The highest BCUT2D eigenvalue weighted by Gasteiger charge is 2.17. The van der Waals surface area contributed by atoms with Gasteiger partial charge in [-0.25, -0.2) is 4.79 Å². The highest BCUT2D eigenvalue weighted by molar-refractivity contribution is 9.10. The molecule has 1 N–H and O–H groups in total. The normalized spacial score (nSPS) is 10.2. The van der Waals surface area contributed by atoms with Crippen LogP contribution in [-0.2, 0) is 4.74 Å². The molecule has 126 valence electrons. The van der Waals surface area contributed by atoms with Gasteiger partial charge in [0.15, 0.2) is 0 Å². The number of halogens is 1. The molecule has 0 radical (unpaired) electrons. The number of anilines is 1. The van der Waals surface area contributed by atoms with E-state index in [-0.39, 0.29) is 5.91 Å². The second-order valence-electron chi connectivity index (χ2n) is 5.00. The summed E-state index contributed by atoms with van der Waals surface area (Å²) in [6.07, 6.45) is 0. The Bertz CT molecular complexity index is 774. The van der Waals surface area contributed by atoms with Gasteiger partial charge in [0.25, 0.3) is 5.91 Å². The van der Waals surface area contributed by atoms with Crippen molar-refractivity contribution in [2.75, 3.05) is 19.0 Å². The third-order valence-electron chi connectivity index (χ3n) is 3.47. The van der Waals surface area contributed by atoms with Crippen molar-refractivity contribution in [2.24, 2.45) is 0 Å². The maximum absolute atomic E-state index is 12.6. The van der Waals surface area contributed by atoms with Gasteiger partial charge < -0.3 is 14.8 Å². The highest BCUT2D eigenvalue weighted by atomic mass is 79.9. The number of carbonyl (C=O) groups excluding carboxylic acids is 2. The molecule has 0 bridgehead atoms. The molecule has 0 aromatic heterocycles. The Kier molecular flexibility index (Phi) is 5.98.